The Morgan fingerprint density at radius 2 is 1.61 bits per heavy atom. The summed E-state index contributed by atoms with van der Waals surface area (Å²) in [5.41, 5.74) is 1.45. The van der Waals surface area contributed by atoms with Crippen molar-refractivity contribution in [3.05, 3.63) is 35.4 Å². The molecule has 0 N–H and O–H groups in total. The van der Waals surface area contributed by atoms with Gasteiger partial charge in [-0.3, -0.25) is 4.79 Å². The van der Waals surface area contributed by atoms with E-state index in [2.05, 4.69) is 0 Å². The van der Waals surface area contributed by atoms with Crippen molar-refractivity contribution < 1.29 is 42.7 Å². The molecule has 0 amide bonds. The largest absolute Gasteiger partial charge is 0.493 e. The maximum absolute atomic E-state index is 13.3. The highest BCUT2D eigenvalue weighted by atomic mass is 16.7. The van der Waals surface area contributed by atoms with E-state index in [9.17, 15) is 4.79 Å². The van der Waals surface area contributed by atoms with Crippen LogP contribution in [0.4, 0.5) is 0 Å². The number of fused-ring (bicyclic) bond motifs is 2. The van der Waals surface area contributed by atoms with Crippen LogP contribution in [0, 0.1) is 5.92 Å². The molecule has 2 aliphatic heterocycles. The lowest BCUT2D eigenvalue weighted by Gasteiger charge is -2.44. The molecule has 0 unspecified atom stereocenters. The zero-order chi connectivity index (χ0) is 23.8. The molecular formula is C24H28O9. The Kier molecular flexibility index (Phi) is 6.16. The molecule has 178 valence electrons. The van der Waals surface area contributed by atoms with Crippen LogP contribution in [0.3, 0.4) is 0 Å². The Bertz CT molecular complexity index is 1030. The zero-order valence-corrected chi connectivity index (χ0v) is 19.6. The molecule has 3 atom stereocenters. The molecule has 0 fully saturated rings. The third-order valence-corrected chi connectivity index (χ3v) is 6.04. The monoisotopic (exact) mass is 460 g/mol. The van der Waals surface area contributed by atoms with E-state index in [4.69, 9.17) is 37.9 Å². The summed E-state index contributed by atoms with van der Waals surface area (Å²) in [5, 5.41) is 0. The minimum Gasteiger partial charge on any atom is -0.493 e. The van der Waals surface area contributed by atoms with Gasteiger partial charge in [-0.25, -0.2) is 0 Å². The number of methoxy groups -OCH3 is 4. The standard InChI is InChI=1S/C24H28O9/c1-7-30-23(25)21-20(13-8-18(26-3)22(28-5)19(9-13)27-4)14-10-16-17(32-12-31-16)11-15(14)33-24(21,2)29-6/h8-11,20-21H,7,12H2,1-6H3/t20-,21+,24+/m1/s1. The van der Waals surface area contributed by atoms with Gasteiger partial charge in [0.05, 0.1) is 27.9 Å². The van der Waals surface area contributed by atoms with Crippen LogP contribution < -0.4 is 28.4 Å². The smallest absolute Gasteiger partial charge is 0.316 e. The molecule has 0 saturated heterocycles. The van der Waals surface area contributed by atoms with Gasteiger partial charge in [0.25, 0.3) is 0 Å². The number of benzene rings is 2. The van der Waals surface area contributed by atoms with Crippen LogP contribution in [0.1, 0.15) is 30.9 Å². The van der Waals surface area contributed by atoms with Crippen LogP contribution in [-0.2, 0) is 14.3 Å². The highest BCUT2D eigenvalue weighted by Gasteiger charge is 2.53. The number of ether oxygens (including phenoxy) is 8. The summed E-state index contributed by atoms with van der Waals surface area (Å²) in [4.78, 5) is 13.3. The zero-order valence-electron chi connectivity index (χ0n) is 19.6. The molecule has 4 rings (SSSR count). The summed E-state index contributed by atoms with van der Waals surface area (Å²) in [7, 11) is 6.11. The lowest BCUT2D eigenvalue weighted by Crippen LogP contribution is -2.52. The average Bonchev–Trinajstić information content (AvgIpc) is 3.28. The van der Waals surface area contributed by atoms with E-state index in [-0.39, 0.29) is 13.4 Å². The van der Waals surface area contributed by atoms with Crippen LogP contribution >= 0.6 is 0 Å². The quantitative estimate of drug-likeness (QED) is 0.576. The SMILES string of the molecule is CCOC(=O)[C@@H]1[C@H](c2cc(OC)c(OC)c(OC)c2)c2cc3c(cc2O[C@]1(C)OC)OCO3. The Morgan fingerprint density at radius 1 is 0.970 bits per heavy atom. The summed E-state index contributed by atoms with van der Waals surface area (Å²) in [6, 6.07) is 7.20. The molecule has 9 heteroatoms. The van der Waals surface area contributed by atoms with Gasteiger partial charge in [-0.2, -0.15) is 0 Å². The lowest BCUT2D eigenvalue weighted by atomic mass is 9.74. The van der Waals surface area contributed by atoms with E-state index >= 15 is 0 Å². The Labute approximate surface area is 192 Å². The van der Waals surface area contributed by atoms with Crippen LogP contribution in [0.2, 0.25) is 0 Å². The predicted molar refractivity (Wildman–Crippen MR) is 117 cm³/mol. The van der Waals surface area contributed by atoms with Gasteiger partial charge in [0.1, 0.15) is 11.7 Å². The van der Waals surface area contributed by atoms with Gasteiger partial charge in [0.15, 0.2) is 23.0 Å². The number of hydrogen-bond acceptors (Lipinski definition) is 9. The van der Waals surface area contributed by atoms with Crippen molar-refractivity contribution in [2.24, 2.45) is 5.92 Å². The van der Waals surface area contributed by atoms with Gasteiger partial charge in [0, 0.05) is 31.6 Å². The molecule has 0 radical (unpaired) electrons. The van der Waals surface area contributed by atoms with Gasteiger partial charge in [-0.15, -0.1) is 0 Å². The van der Waals surface area contributed by atoms with E-state index in [0.29, 0.717) is 34.5 Å². The van der Waals surface area contributed by atoms with Crippen LogP contribution in [0.5, 0.6) is 34.5 Å². The molecule has 2 heterocycles. The van der Waals surface area contributed by atoms with Crippen molar-refractivity contribution in [2.45, 2.75) is 25.6 Å². The van der Waals surface area contributed by atoms with Crippen molar-refractivity contribution in [1.82, 2.24) is 0 Å². The molecule has 0 spiro atoms. The Morgan fingerprint density at radius 3 is 2.15 bits per heavy atom. The van der Waals surface area contributed by atoms with E-state index in [1.165, 1.54) is 14.2 Å². The molecule has 33 heavy (non-hydrogen) atoms. The van der Waals surface area contributed by atoms with Crippen LogP contribution in [0.25, 0.3) is 0 Å². The van der Waals surface area contributed by atoms with Crippen molar-refractivity contribution >= 4 is 5.97 Å². The lowest BCUT2D eigenvalue weighted by molar-refractivity contribution is -0.212. The molecular weight excluding hydrogens is 432 g/mol. The van der Waals surface area contributed by atoms with E-state index in [1.54, 1.807) is 34.1 Å². The fraction of sp³-hybridized carbons (Fsp3) is 0.458. The molecule has 2 aromatic rings. The van der Waals surface area contributed by atoms with Crippen molar-refractivity contribution in [3.8, 4) is 34.5 Å². The van der Waals surface area contributed by atoms with Gasteiger partial charge in [0.2, 0.25) is 18.3 Å². The highest BCUT2D eigenvalue weighted by Crippen LogP contribution is 2.54. The van der Waals surface area contributed by atoms with Gasteiger partial charge in [-0.05, 0) is 30.7 Å². The summed E-state index contributed by atoms with van der Waals surface area (Å²) in [6.07, 6.45) is 0. The molecule has 2 aromatic carbocycles. The fourth-order valence-corrected chi connectivity index (χ4v) is 4.44. The minimum absolute atomic E-state index is 0.107. The van der Waals surface area contributed by atoms with Gasteiger partial charge < -0.3 is 37.9 Å². The number of carbonyl (C=O) groups is 1. The topological polar surface area (TPSA) is 90.9 Å². The molecule has 0 aromatic heterocycles. The Balaban J connectivity index is 1.99. The number of hydrogen-bond donors (Lipinski definition) is 0. The van der Waals surface area contributed by atoms with Crippen molar-refractivity contribution in [1.29, 1.82) is 0 Å². The minimum atomic E-state index is -1.32. The van der Waals surface area contributed by atoms with Crippen molar-refractivity contribution in [3.63, 3.8) is 0 Å². The number of carbonyl (C=O) groups excluding carboxylic acids is 1. The maximum atomic E-state index is 13.3. The molecule has 2 aliphatic rings. The summed E-state index contributed by atoms with van der Waals surface area (Å²) in [6.45, 7) is 3.79. The normalized spacial score (nSPS) is 22.7. The van der Waals surface area contributed by atoms with Crippen molar-refractivity contribution in [2.75, 3.05) is 41.8 Å². The summed E-state index contributed by atoms with van der Waals surface area (Å²) >= 11 is 0. The van der Waals surface area contributed by atoms with E-state index in [1.807, 2.05) is 18.2 Å². The highest BCUT2D eigenvalue weighted by molar-refractivity contribution is 5.78. The van der Waals surface area contributed by atoms with E-state index in [0.717, 1.165) is 11.1 Å². The van der Waals surface area contributed by atoms with Crippen LogP contribution in [0.15, 0.2) is 24.3 Å². The van der Waals surface area contributed by atoms with Gasteiger partial charge in [-0.1, -0.05) is 0 Å². The molecule has 9 nitrogen and oxygen atoms in total. The first-order valence-electron chi connectivity index (χ1n) is 10.5. The maximum Gasteiger partial charge on any atom is 0.316 e. The number of rotatable bonds is 7. The molecule has 0 bridgehead atoms. The average molecular weight is 460 g/mol. The summed E-state index contributed by atoms with van der Waals surface area (Å²) < 4.78 is 45.2. The second-order valence-electron chi connectivity index (χ2n) is 7.73. The fourth-order valence-electron chi connectivity index (χ4n) is 4.44. The van der Waals surface area contributed by atoms with Gasteiger partial charge >= 0.3 is 5.97 Å². The second-order valence-corrected chi connectivity index (χ2v) is 7.73. The molecule has 0 saturated carbocycles. The van der Waals surface area contributed by atoms with E-state index < -0.39 is 23.6 Å². The molecule has 0 aliphatic carbocycles. The first-order valence-corrected chi connectivity index (χ1v) is 10.5. The van der Waals surface area contributed by atoms with Crippen LogP contribution in [-0.4, -0.2) is 53.6 Å². The third kappa shape index (κ3) is 3.76. The summed E-state index contributed by atoms with van der Waals surface area (Å²) in [5.74, 6) is -0.152. The second kappa shape index (κ2) is 8.90. The predicted octanol–water partition coefficient (Wildman–Crippen LogP) is 3.51. The first kappa shape index (κ1) is 22.8. The number of esters is 1. The third-order valence-electron chi connectivity index (χ3n) is 6.04. The Hall–Kier alpha value is -3.33. The first-order chi connectivity index (χ1) is 15.9.